The highest BCUT2D eigenvalue weighted by atomic mass is 32.2. The first kappa shape index (κ1) is 18.6. The molecule has 2 aromatic rings. The maximum Gasteiger partial charge on any atom is 0.323 e. The molecule has 4 N–H and O–H groups in total. The maximum atomic E-state index is 12.9. The zero-order valence-corrected chi connectivity index (χ0v) is 15.5. The molecule has 1 saturated heterocycles. The first-order valence-corrected chi connectivity index (χ1v) is 9.90. The number of rotatable bonds is 4. The Morgan fingerprint density at radius 1 is 1.12 bits per heavy atom. The number of imidazole rings is 1. The Morgan fingerprint density at radius 3 is 2.35 bits per heavy atom. The molecule has 9 nitrogen and oxygen atoms in total. The van der Waals surface area contributed by atoms with Crippen molar-refractivity contribution in [2.24, 2.45) is 11.7 Å². The third-order valence-corrected chi connectivity index (χ3v) is 6.75. The lowest BCUT2D eigenvalue weighted by Crippen LogP contribution is -2.53. The van der Waals surface area contributed by atoms with Gasteiger partial charge in [-0.05, 0) is 25.1 Å². The lowest BCUT2D eigenvalue weighted by molar-refractivity contribution is -0.136. The SMILES string of the molecule is CC(N)C(C)C(=O)N1CCN(S(=O)(=O)c2ccc3[nH]c(=O)[nH]c3c2)CC1. The Hall–Kier alpha value is -2.17. The zero-order valence-electron chi connectivity index (χ0n) is 14.7. The van der Waals surface area contributed by atoms with Crippen LogP contribution >= 0.6 is 0 Å². The van der Waals surface area contributed by atoms with Crippen LogP contribution in [0.25, 0.3) is 11.0 Å². The minimum Gasteiger partial charge on any atom is -0.340 e. The molecule has 142 valence electrons. The van der Waals surface area contributed by atoms with Gasteiger partial charge in [0.2, 0.25) is 15.9 Å². The minimum absolute atomic E-state index is 0.0524. The summed E-state index contributed by atoms with van der Waals surface area (Å²) in [5.74, 6) is -0.352. The summed E-state index contributed by atoms with van der Waals surface area (Å²) in [6.45, 7) is 4.67. The number of nitrogens with zero attached hydrogens (tertiary/aromatic N) is 2. The summed E-state index contributed by atoms with van der Waals surface area (Å²) in [5, 5.41) is 0. The molecule has 1 aromatic carbocycles. The van der Waals surface area contributed by atoms with Crippen LogP contribution in [0, 0.1) is 5.92 Å². The lowest BCUT2D eigenvalue weighted by atomic mass is 10.0. The van der Waals surface area contributed by atoms with E-state index < -0.39 is 10.0 Å². The number of piperazine rings is 1. The largest absolute Gasteiger partial charge is 0.340 e. The molecule has 0 bridgehead atoms. The van der Waals surface area contributed by atoms with Crippen molar-refractivity contribution in [1.29, 1.82) is 0 Å². The van der Waals surface area contributed by atoms with Gasteiger partial charge in [0.05, 0.1) is 21.8 Å². The van der Waals surface area contributed by atoms with Gasteiger partial charge in [-0.25, -0.2) is 13.2 Å². The van der Waals surface area contributed by atoms with E-state index in [-0.39, 0.29) is 41.5 Å². The molecule has 0 aliphatic carbocycles. The van der Waals surface area contributed by atoms with Gasteiger partial charge in [0.1, 0.15) is 0 Å². The van der Waals surface area contributed by atoms with Gasteiger partial charge < -0.3 is 20.6 Å². The third kappa shape index (κ3) is 3.39. The molecule has 1 aromatic heterocycles. The molecule has 0 radical (unpaired) electrons. The smallest absolute Gasteiger partial charge is 0.323 e. The number of fused-ring (bicyclic) bond motifs is 1. The molecule has 3 rings (SSSR count). The molecule has 1 amide bonds. The first-order valence-electron chi connectivity index (χ1n) is 8.46. The summed E-state index contributed by atoms with van der Waals surface area (Å²) < 4.78 is 27.1. The average molecular weight is 381 g/mol. The monoisotopic (exact) mass is 381 g/mol. The number of amides is 1. The standard InChI is InChI=1S/C16H23N5O4S/c1-10(11(2)17)15(22)20-5-7-21(8-6-20)26(24,25)12-3-4-13-14(9-12)19-16(23)18-13/h3-4,9-11H,5-8,17H2,1-2H3,(H2,18,19,23). The van der Waals surface area contributed by atoms with E-state index in [2.05, 4.69) is 9.97 Å². The number of H-pyrrole nitrogens is 2. The van der Waals surface area contributed by atoms with Crippen molar-refractivity contribution in [2.45, 2.75) is 24.8 Å². The van der Waals surface area contributed by atoms with Crippen molar-refractivity contribution in [1.82, 2.24) is 19.2 Å². The van der Waals surface area contributed by atoms with Crippen molar-refractivity contribution in [3.63, 3.8) is 0 Å². The molecule has 1 fully saturated rings. The van der Waals surface area contributed by atoms with Gasteiger partial charge >= 0.3 is 5.69 Å². The van der Waals surface area contributed by atoms with Crippen molar-refractivity contribution in [2.75, 3.05) is 26.2 Å². The highest BCUT2D eigenvalue weighted by Gasteiger charge is 2.32. The molecular formula is C16H23N5O4S. The predicted octanol–water partition coefficient (Wildman–Crippen LogP) is -0.328. The van der Waals surface area contributed by atoms with Gasteiger partial charge in [0.25, 0.3) is 0 Å². The number of hydrogen-bond acceptors (Lipinski definition) is 5. The Kier molecular flexibility index (Phi) is 4.91. The highest BCUT2D eigenvalue weighted by Crippen LogP contribution is 2.21. The number of benzene rings is 1. The van der Waals surface area contributed by atoms with Gasteiger partial charge in [-0.3, -0.25) is 4.79 Å². The van der Waals surface area contributed by atoms with Crippen LogP contribution in [0.3, 0.4) is 0 Å². The number of hydrogen-bond donors (Lipinski definition) is 3. The fraction of sp³-hybridized carbons (Fsp3) is 0.500. The second-order valence-corrected chi connectivity index (χ2v) is 8.60. The molecule has 10 heteroatoms. The van der Waals surface area contributed by atoms with Crippen LogP contribution in [0.4, 0.5) is 0 Å². The van der Waals surface area contributed by atoms with Gasteiger partial charge in [0.15, 0.2) is 0 Å². The Balaban J connectivity index is 1.75. The molecule has 26 heavy (non-hydrogen) atoms. The number of sulfonamides is 1. The minimum atomic E-state index is -3.70. The molecule has 2 unspecified atom stereocenters. The number of carbonyl (C=O) groups is 1. The van der Waals surface area contributed by atoms with Gasteiger partial charge in [-0.1, -0.05) is 6.92 Å². The molecule has 2 heterocycles. The van der Waals surface area contributed by atoms with Crippen LogP contribution in [0.5, 0.6) is 0 Å². The molecule has 0 spiro atoms. The Labute approximate surface area is 151 Å². The lowest BCUT2D eigenvalue weighted by Gasteiger charge is -2.35. The normalized spacial score (nSPS) is 18.8. The number of aromatic amines is 2. The number of nitrogens with two attached hydrogens (primary N) is 1. The van der Waals surface area contributed by atoms with Crippen LogP contribution in [-0.2, 0) is 14.8 Å². The summed E-state index contributed by atoms with van der Waals surface area (Å²) in [6, 6.07) is 4.22. The van der Waals surface area contributed by atoms with E-state index in [1.54, 1.807) is 24.8 Å². The highest BCUT2D eigenvalue weighted by molar-refractivity contribution is 7.89. The Bertz CT molecular complexity index is 970. The third-order valence-electron chi connectivity index (χ3n) is 4.85. The second-order valence-electron chi connectivity index (χ2n) is 6.66. The van der Waals surface area contributed by atoms with Crippen LogP contribution in [0.15, 0.2) is 27.9 Å². The average Bonchev–Trinajstić information content (AvgIpc) is 2.99. The van der Waals surface area contributed by atoms with E-state index in [1.165, 1.54) is 16.4 Å². The van der Waals surface area contributed by atoms with Gasteiger partial charge in [-0.2, -0.15) is 4.31 Å². The summed E-state index contributed by atoms with van der Waals surface area (Å²) in [5.41, 5.74) is 6.39. The molecule has 2 atom stereocenters. The zero-order chi connectivity index (χ0) is 19.1. The van der Waals surface area contributed by atoms with E-state index in [9.17, 15) is 18.0 Å². The van der Waals surface area contributed by atoms with Crippen LogP contribution in [-0.4, -0.2) is 65.7 Å². The number of carbonyl (C=O) groups excluding carboxylic acids is 1. The summed E-state index contributed by atoms with van der Waals surface area (Å²) >= 11 is 0. The Morgan fingerprint density at radius 2 is 1.73 bits per heavy atom. The summed E-state index contributed by atoms with van der Waals surface area (Å²) in [4.78, 5) is 30.6. The number of aromatic nitrogens is 2. The quantitative estimate of drug-likeness (QED) is 0.667. The van der Waals surface area contributed by atoms with E-state index in [1.807, 2.05) is 0 Å². The number of nitrogens with one attached hydrogen (secondary N) is 2. The fourth-order valence-electron chi connectivity index (χ4n) is 2.98. The van der Waals surface area contributed by atoms with E-state index in [0.29, 0.717) is 24.1 Å². The second kappa shape index (κ2) is 6.86. The van der Waals surface area contributed by atoms with E-state index in [4.69, 9.17) is 5.73 Å². The molecule has 1 aliphatic rings. The first-order chi connectivity index (χ1) is 12.2. The van der Waals surface area contributed by atoms with E-state index in [0.717, 1.165) is 0 Å². The van der Waals surface area contributed by atoms with Crippen LogP contribution in [0.1, 0.15) is 13.8 Å². The molecule has 1 aliphatic heterocycles. The van der Waals surface area contributed by atoms with Crippen LogP contribution in [0.2, 0.25) is 0 Å². The van der Waals surface area contributed by atoms with Crippen molar-refractivity contribution in [3.05, 3.63) is 28.7 Å². The summed E-state index contributed by atoms with van der Waals surface area (Å²) in [6.07, 6.45) is 0. The van der Waals surface area contributed by atoms with Gasteiger partial charge in [-0.15, -0.1) is 0 Å². The van der Waals surface area contributed by atoms with Crippen LogP contribution < -0.4 is 11.4 Å². The fourth-order valence-corrected chi connectivity index (χ4v) is 4.43. The van der Waals surface area contributed by atoms with Crippen molar-refractivity contribution in [3.8, 4) is 0 Å². The topological polar surface area (TPSA) is 132 Å². The van der Waals surface area contributed by atoms with E-state index >= 15 is 0 Å². The van der Waals surface area contributed by atoms with Crippen molar-refractivity contribution < 1.29 is 13.2 Å². The maximum absolute atomic E-state index is 12.9. The molecule has 0 saturated carbocycles. The summed E-state index contributed by atoms with van der Waals surface area (Å²) in [7, 11) is -3.70. The molecular weight excluding hydrogens is 358 g/mol. The predicted molar refractivity (Wildman–Crippen MR) is 97.1 cm³/mol. The van der Waals surface area contributed by atoms with Crippen molar-refractivity contribution >= 4 is 27.0 Å². The van der Waals surface area contributed by atoms with Gasteiger partial charge in [0, 0.05) is 32.2 Å².